The lowest BCUT2D eigenvalue weighted by Gasteiger charge is -2.23. The summed E-state index contributed by atoms with van der Waals surface area (Å²) in [6.45, 7) is 0.248. The highest BCUT2D eigenvalue weighted by molar-refractivity contribution is 7.92. The third-order valence-electron chi connectivity index (χ3n) is 4.78. The number of rotatable bonds is 9. The Hall–Kier alpha value is -3.12. The maximum atomic E-state index is 12.7. The Kier molecular flexibility index (Phi) is 7.25. The van der Waals surface area contributed by atoms with Crippen LogP contribution in [0, 0.1) is 0 Å². The van der Waals surface area contributed by atoms with Crippen molar-refractivity contribution in [2.24, 2.45) is 0 Å². The van der Waals surface area contributed by atoms with E-state index < -0.39 is 10.0 Å². The summed E-state index contributed by atoms with van der Waals surface area (Å²) in [7, 11) is -3.42. The summed E-state index contributed by atoms with van der Waals surface area (Å²) in [5.41, 5.74) is 2.60. The number of nitrogens with zero attached hydrogens (tertiary/aromatic N) is 1. The summed E-state index contributed by atoms with van der Waals surface area (Å²) >= 11 is 0. The minimum absolute atomic E-state index is 0.116. The molecule has 0 saturated carbocycles. The Morgan fingerprint density at radius 1 is 0.833 bits per heavy atom. The molecule has 3 aromatic carbocycles. The second-order valence-corrected chi connectivity index (χ2v) is 9.00. The molecule has 0 bridgehead atoms. The van der Waals surface area contributed by atoms with E-state index in [0.29, 0.717) is 12.1 Å². The van der Waals surface area contributed by atoms with Gasteiger partial charge in [-0.1, -0.05) is 78.9 Å². The predicted octanol–water partition coefficient (Wildman–Crippen LogP) is 4.14. The summed E-state index contributed by atoms with van der Waals surface area (Å²) in [5.74, 6) is -0.116. The van der Waals surface area contributed by atoms with Crippen LogP contribution in [-0.4, -0.2) is 27.1 Å². The van der Waals surface area contributed by atoms with Gasteiger partial charge in [-0.3, -0.25) is 9.10 Å². The quantitative estimate of drug-likeness (QED) is 0.564. The molecule has 0 radical (unpaired) electrons. The number of carbonyl (C=O) groups excluding carboxylic acids is 1. The second-order valence-electron chi connectivity index (χ2n) is 7.10. The largest absolute Gasteiger partial charge is 0.345 e. The molecule has 0 aliphatic rings. The van der Waals surface area contributed by atoms with Crippen LogP contribution in [0.3, 0.4) is 0 Å². The number of nitrogens with one attached hydrogen (secondary N) is 1. The zero-order valence-electron chi connectivity index (χ0n) is 16.9. The number of para-hydroxylation sites is 1. The summed E-state index contributed by atoms with van der Waals surface area (Å²) in [4.78, 5) is 12.7. The highest BCUT2D eigenvalue weighted by Gasteiger charge is 2.19. The number of carbonyl (C=O) groups is 1. The molecule has 156 valence electrons. The molecule has 30 heavy (non-hydrogen) atoms. The molecular weight excluding hydrogens is 396 g/mol. The van der Waals surface area contributed by atoms with Crippen LogP contribution in [-0.2, 0) is 14.8 Å². The van der Waals surface area contributed by atoms with Crippen LogP contribution in [0.1, 0.15) is 30.0 Å². The highest BCUT2D eigenvalue weighted by Crippen LogP contribution is 2.22. The Morgan fingerprint density at radius 3 is 1.77 bits per heavy atom. The number of benzene rings is 3. The lowest BCUT2D eigenvalue weighted by molar-refractivity contribution is -0.121. The summed E-state index contributed by atoms with van der Waals surface area (Å²) in [6.07, 6.45) is 1.83. The molecule has 0 aromatic heterocycles. The van der Waals surface area contributed by atoms with Gasteiger partial charge in [-0.2, -0.15) is 0 Å². The molecule has 0 fully saturated rings. The van der Waals surface area contributed by atoms with E-state index in [1.54, 1.807) is 24.3 Å². The third kappa shape index (κ3) is 5.94. The van der Waals surface area contributed by atoms with E-state index >= 15 is 0 Å². The number of amides is 1. The van der Waals surface area contributed by atoms with Gasteiger partial charge in [0.05, 0.1) is 18.0 Å². The molecule has 0 heterocycles. The normalized spacial score (nSPS) is 11.3. The van der Waals surface area contributed by atoms with E-state index in [4.69, 9.17) is 0 Å². The molecule has 0 atom stereocenters. The van der Waals surface area contributed by atoms with Gasteiger partial charge >= 0.3 is 0 Å². The van der Waals surface area contributed by atoms with Gasteiger partial charge in [0.25, 0.3) is 0 Å². The fourth-order valence-corrected chi connectivity index (χ4v) is 4.31. The van der Waals surface area contributed by atoms with Crippen molar-refractivity contribution < 1.29 is 13.2 Å². The molecule has 0 saturated heterocycles. The lowest BCUT2D eigenvalue weighted by Crippen LogP contribution is -2.33. The molecule has 5 nitrogen and oxygen atoms in total. The van der Waals surface area contributed by atoms with E-state index in [2.05, 4.69) is 5.32 Å². The number of hydrogen-bond acceptors (Lipinski definition) is 3. The van der Waals surface area contributed by atoms with Crippen molar-refractivity contribution >= 4 is 21.6 Å². The van der Waals surface area contributed by atoms with E-state index in [0.717, 1.165) is 11.1 Å². The highest BCUT2D eigenvalue weighted by atomic mass is 32.2. The van der Waals surface area contributed by atoms with Crippen molar-refractivity contribution in [2.45, 2.75) is 18.9 Å². The maximum absolute atomic E-state index is 12.7. The first-order chi connectivity index (χ1) is 14.4. The maximum Gasteiger partial charge on any atom is 0.232 e. The standard InChI is InChI=1S/C24H26N2O3S/c1-30(28,29)26(22-16-9-4-10-17-22)19-11-18-23(27)25-24(20-12-5-2-6-13-20)21-14-7-3-8-15-21/h2-10,12-17,24H,11,18-19H2,1H3,(H,25,27). The molecule has 6 heteroatoms. The summed E-state index contributed by atoms with van der Waals surface area (Å²) in [6, 6.07) is 28.3. The molecule has 0 aliphatic carbocycles. The van der Waals surface area contributed by atoms with E-state index in [-0.39, 0.29) is 24.9 Å². The topological polar surface area (TPSA) is 66.5 Å². The lowest BCUT2D eigenvalue weighted by atomic mass is 9.98. The molecule has 0 unspecified atom stereocenters. The van der Waals surface area contributed by atoms with Crippen molar-refractivity contribution in [3.8, 4) is 0 Å². The van der Waals surface area contributed by atoms with Gasteiger partial charge in [0.2, 0.25) is 15.9 Å². The average Bonchev–Trinajstić information content (AvgIpc) is 2.76. The van der Waals surface area contributed by atoms with Gasteiger partial charge in [0.15, 0.2) is 0 Å². The van der Waals surface area contributed by atoms with Crippen molar-refractivity contribution in [3.05, 3.63) is 102 Å². The smallest absolute Gasteiger partial charge is 0.232 e. The zero-order valence-corrected chi connectivity index (χ0v) is 17.8. The summed E-state index contributed by atoms with van der Waals surface area (Å²) < 4.78 is 25.7. The van der Waals surface area contributed by atoms with Crippen LogP contribution in [0.4, 0.5) is 5.69 Å². The van der Waals surface area contributed by atoms with Crippen molar-refractivity contribution in [3.63, 3.8) is 0 Å². The van der Waals surface area contributed by atoms with Crippen LogP contribution >= 0.6 is 0 Å². The van der Waals surface area contributed by atoms with Crippen molar-refractivity contribution in [1.29, 1.82) is 0 Å². The first-order valence-corrected chi connectivity index (χ1v) is 11.7. The Bertz CT molecular complexity index is 1000. The van der Waals surface area contributed by atoms with Gasteiger partial charge < -0.3 is 5.32 Å². The van der Waals surface area contributed by atoms with Crippen molar-refractivity contribution in [1.82, 2.24) is 5.32 Å². The van der Waals surface area contributed by atoms with E-state index in [9.17, 15) is 13.2 Å². The van der Waals surface area contributed by atoms with Crippen LogP contribution in [0.5, 0.6) is 0 Å². The molecule has 0 spiro atoms. The van der Waals surface area contributed by atoms with Gasteiger partial charge in [-0.05, 0) is 29.7 Å². The molecule has 0 aliphatic heterocycles. The SMILES string of the molecule is CS(=O)(=O)N(CCCC(=O)NC(c1ccccc1)c1ccccc1)c1ccccc1. The fourth-order valence-electron chi connectivity index (χ4n) is 3.35. The number of sulfonamides is 1. The van der Waals surface area contributed by atoms with E-state index in [1.807, 2.05) is 66.7 Å². The Labute approximate surface area is 178 Å². The molecular formula is C24H26N2O3S. The molecule has 3 rings (SSSR count). The Morgan fingerprint density at radius 2 is 1.30 bits per heavy atom. The van der Waals surface area contributed by atoms with Crippen LogP contribution < -0.4 is 9.62 Å². The van der Waals surface area contributed by atoms with Gasteiger partial charge in [-0.25, -0.2) is 8.42 Å². The third-order valence-corrected chi connectivity index (χ3v) is 5.97. The zero-order chi connectivity index (χ0) is 21.4. The first kappa shape index (κ1) is 21.6. The fraction of sp³-hybridized carbons (Fsp3) is 0.208. The minimum Gasteiger partial charge on any atom is -0.345 e. The van der Waals surface area contributed by atoms with E-state index in [1.165, 1.54) is 10.6 Å². The summed E-state index contributed by atoms with van der Waals surface area (Å²) in [5, 5.41) is 3.09. The number of hydrogen-bond donors (Lipinski definition) is 1. The average molecular weight is 423 g/mol. The van der Waals surface area contributed by atoms with Gasteiger partial charge in [0, 0.05) is 13.0 Å². The number of anilines is 1. The monoisotopic (exact) mass is 422 g/mol. The van der Waals surface area contributed by atoms with Gasteiger partial charge in [-0.15, -0.1) is 0 Å². The van der Waals surface area contributed by atoms with Gasteiger partial charge in [0.1, 0.15) is 0 Å². The first-order valence-electron chi connectivity index (χ1n) is 9.87. The molecule has 3 aromatic rings. The predicted molar refractivity (Wildman–Crippen MR) is 121 cm³/mol. The van der Waals surface area contributed by atoms with Crippen LogP contribution in [0.15, 0.2) is 91.0 Å². The van der Waals surface area contributed by atoms with Crippen LogP contribution in [0.2, 0.25) is 0 Å². The second kappa shape index (κ2) is 10.1. The molecule has 1 amide bonds. The minimum atomic E-state index is -3.42. The van der Waals surface area contributed by atoms with Crippen molar-refractivity contribution in [2.75, 3.05) is 17.1 Å². The Balaban J connectivity index is 1.66. The van der Waals surface area contributed by atoms with Crippen LogP contribution in [0.25, 0.3) is 0 Å². The molecule has 1 N–H and O–H groups in total.